The zero-order chi connectivity index (χ0) is 19.5. The van der Waals surface area contributed by atoms with Crippen molar-refractivity contribution in [3.63, 3.8) is 0 Å². The van der Waals surface area contributed by atoms with Gasteiger partial charge in [0, 0.05) is 31.2 Å². The SMILES string of the molecule is C#CCCC1(CCNC(=O)c2sc(C(C)(C)c3ccccc3)nc2C)N=N1. The first-order chi connectivity index (χ1) is 12.9. The van der Waals surface area contributed by atoms with E-state index in [-0.39, 0.29) is 17.0 Å². The maximum Gasteiger partial charge on any atom is 0.263 e. The molecule has 1 aliphatic heterocycles. The number of hydrogen-bond acceptors (Lipinski definition) is 5. The normalized spacial score (nSPS) is 14.6. The second-order valence-corrected chi connectivity index (χ2v) is 8.32. The predicted molar refractivity (Wildman–Crippen MR) is 108 cm³/mol. The van der Waals surface area contributed by atoms with Gasteiger partial charge in [-0.25, -0.2) is 4.98 Å². The van der Waals surface area contributed by atoms with Crippen molar-refractivity contribution in [1.29, 1.82) is 0 Å². The van der Waals surface area contributed by atoms with Crippen LogP contribution in [0, 0.1) is 19.3 Å². The number of amides is 1. The van der Waals surface area contributed by atoms with Crippen LogP contribution in [0.5, 0.6) is 0 Å². The minimum Gasteiger partial charge on any atom is -0.351 e. The number of nitrogens with one attached hydrogen (secondary N) is 1. The van der Waals surface area contributed by atoms with Crippen LogP contribution in [0.15, 0.2) is 40.6 Å². The molecule has 3 rings (SSSR count). The average molecular weight is 381 g/mol. The minimum atomic E-state index is -0.372. The molecule has 2 aromatic rings. The fourth-order valence-corrected chi connectivity index (χ4v) is 4.08. The lowest BCUT2D eigenvalue weighted by molar-refractivity contribution is 0.0955. The standard InChI is InChI=1S/C21H24N4OS/c1-5-6-12-21(24-25-21)13-14-22-18(26)17-15(2)23-19(27-17)20(3,4)16-10-8-7-9-11-16/h1,7-11H,6,12-14H2,2-4H3,(H,22,26). The quantitative estimate of drug-likeness (QED) is 0.687. The summed E-state index contributed by atoms with van der Waals surface area (Å²) in [6.07, 6.45) is 7.38. The van der Waals surface area contributed by atoms with Gasteiger partial charge in [-0.2, -0.15) is 10.2 Å². The monoisotopic (exact) mass is 380 g/mol. The summed E-state index contributed by atoms with van der Waals surface area (Å²) in [4.78, 5) is 18.0. The fourth-order valence-electron chi connectivity index (χ4n) is 2.98. The second kappa shape index (κ2) is 7.61. The zero-order valence-electron chi connectivity index (χ0n) is 16.0. The summed E-state index contributed by atoms with van der Waals surface area (Å²) < 4.78 is 0. The molecule has 0 aliphatic carbocycles. The van der Waals surface area contributed by atoms with Gasteiger partial charge in [-0.3, -0.25) is 4.79 Å². The van der Waals surface area contributed by atoms with Crippen LogP contribution in [-0.2, 0) is 5.41 Å². The van der Waals surface area contributed by atoms with E-state index in [1.807, 2.05) is 25.1 Å². The summed E-state index contributed by atoms with van der Waals surface area (Å²) in [6.45, 7) is 6.67. The third-order valence-electron chi connectivity index (χ3n) is 4.90. The summed E-state index contributed by atoms with van der Waals surface area (Å²) in [5.74, 6) is 2.52. The van der Waals surface area contributed by atoms with Crippen LogP contribution < -0.4 is 5.32 Å². The van der Waals surface area contributed by atoms with Crippen molar-refractivity contribution in [2.75, 3.05) is 6.54 Å². The third-order valence-corrected chi connectivity index (χ3v) is 6.38. The zero-order valence-corrected chi connectivity index (χ0v) is 16.8. The first-order valence-electron chi connectivity index (χ1n) is 9.07. The van der Waals surface area contributed by atoms with Crippen LogP contribution in [0.1, 0.15) is 59.0 Å². The number of terminal acetylenes is 1. The van der Waals surface area contributed by atoms with Crippen LogP contribution >= 0.6 is 11.3 Å². The van der Waals surface area contributed by atoms with Crippen molar-refractivity contribution in [2.24, 2.45) is 10.2 Å². The van der Waals surface area contributed by atoms with Gasteiger partial charge in [0.25, 0.3) is 5.91 Å². The van der Waals surface area contributed by atoms with Gasteiger partial charge < -0.3 is 5.32 Å². The minimum absolute atomic E-state index is 0.0899. The van der Waals surface area contributed by atoms with Gasteiger partial charge in [0.05, 0.1) is 5.69 Å². The van der Waals surface area contributed by atoms with E-state index in [9.17, 15) is 4.79 Å². The van der Waals surface area contributed by atoms with E-state index in [0.29, 0.717) is 24.3 Å². The van der Waals surface area contributed by atoms with Crippen molar-refractivity contribution in [1.82, 2.24) is 10.3 Å². The third kappa shape index (κ3) is 4.25. The van der Waals surface area contributed by atoms with Crippen LogP contribution in [0.2, 0.25) is 0 Å². The second-order valence-electron chi connectivity index (χ2n) is 7.32. The number of hydrogen-bond donors (Lipinski definition) is 1. The van der Waals surface area contributed by atoms with E-state index in [1.165, 1.54) is 16.9 Å². The Morgan fingerprint density at radius 2 is 1.96 bits per heavy atom. The highest BCUT2D eigenvalue weighted by Crippen LogP contribution is 2.37. The van der Waals surface area contributed by atoms with Gasteiger partial charge >= 0.3 is 0 Å². The molecule has 1 amide bonds. The van der Waals surface area contributed by atoms with Gasteiger partial charge in [0.2, 0.25) is 0 Å². The lowest BCUT2D eigenvalue weighted by Gasteiger charge is -2.22. The molecule has 140 valence electrons. The Balaban J connectivity index is 1.64. The molecule has 5 nitrogen and oxygen atoms in total. The van der Waals surface area contributed by atoms with Crippen LogP contribution in [0.25, 0.3) is 0 Å². The Morgan fingerprint density at radius 3 is 2.59 bits per heavy atom. The molecule has 27 heavy (non-hydrogen) atoms. The van der Waals surface area contributed by atoms with Crippen molar-refractivity contribution >= 4 is 17.2 Å². The fraction of sp³-hybridized carbons (Fsp3) is 0.429. The molecule has 2 heterocycles. The maximum absolute atomic E-state index is 12.6. The van der Waals surface area contributed by atoms with Gasteiger partial charge in [-0.05, 0) is 26.3 Å². The predicted octanol–water partition coefficient (Wildman–Crippen LogP) is 4.47. The molecule has 1 aliphatic rings. The van der Waals surface area contributed by atoms with E-state index >= 15 is 0 Å². The summed E-state index contributed by atoms with van der Waals surface area (Å²) in [5, 5.41) is 12.1. The number of aromatic nitrogens is 1. The number of carbonyl (C=O) groups is 1. The van der Waals surface area contributed by atoms with Gasteiger partial charge in [0.15, 0.2) is 5.66 Å². The highest BCUT2D eigenvalue weighted by Gasteiger charge is 2.38. The van der Waals surface area contributed by atoms with Gasteiger partial charge in [-0.1, -0.05) is 30.3 Å². The molecule has 1 aromatic heterocycles. The number of nitrogens with zero attached hydrogens (tertiary/aromatic N) is 3. The number of aryl methyl sites for hydroxylation is 1. The van der Waals surface area contributed by atoms with Crippen LogP contribution in [0.4, 0.5) is 0 Å². The smallest absolute Gasteiger partial charge is 0.263 e. The Kier molecular flexibility index (Phi) is 5.43. The lowest BCUT2D eigenvalue weighted by Crippen LogP contribution is -2.28. The number of carbonyl (C=O) groups excluding carboxylic acids is 1. The average Bonchev–Trinajstić information content (AvgIpc) is 3.32. The molecule has 0 radical (unpaired) electrons. The molecular formula is C21H24N4OS. The lowest BCUT2D eigenvalue weighted by atomic mass is 9.85. The molecule has 0 unspecified atom stereocenters. The van der Waals surface area contributed by atoms with Crippen LogP contribution in [-0.4, -0.2) is 23.1 Å². The molecule has 0 saturated carbocycles. The highest BCUT2D eigenvalue weighted by atomic mass is 32.1. The molecule has 0 atom stereocenters. The molecule has 0 bridgehead atoms. The number of thiazole rings is 1. The van der Waals surface area contributed by atoms with E-state index in [2.05, 4.69) is 52.4 Å². The molecule has 6 heteroatoms. The topological polar surface area (TPSA) is 66.7 Å². The molecule has 0 saturated heterocycles. The number of rotatable bonds is 8. The van der Waals surface area contributed by atoms with Crippen molar-refractivity contribution in [2.45, 2.75) is 51.1 Å². The first kappa shape index (κ1) is 19.2. The van der Waals surface area contributed by atoms with E-state index in [1.54, 1.807) is 0 Å². The molecular weight excluding hydrogens is 356 g/mol. The summed E-state index contributed by atoms with van der Waals surface area (Å²) >= 11 is 1.46. The summed E-state index contributed by atoms with van der Waals surface area (Å²) in [5.41, 5.74) is 1.32. The Bertz CT molecular complexity index is 887. The molecule has 0 fully saturated rings. The van der Waals surface area contributed by atoms with Gasteiger partial charge in [-0.15, -0.1) is 23.7 Å². The summed E-state index contributed by atoms with van der Waals surface area (Å²) in [6, 6.07) is 10.2. The number of benzene rings is 1. The Morgan fingerprint density at radius 1 is 1.26 bits per heavy atom. The van der Waals surface area contributed by atoms with Crippen molar-refractivity contribution in [3.8, 4) is 12.3 Å². The van der Waals surface area contributed by atoms with E-state index in [0.717, 1.165) is 17.1 Å². The maximum atomic E-state index is 12.6. The van der Waals surface area contributed by atoms with Crippen molar-refractivity contribution < 1.29 is 4.79 Å². The molecule has 1 N–H and O–H groups in total. The Labute approximate surface area is 164 Å². The summed E-state index contributed by atoms with van der Waals surface area (Å²) in [7, 11) is 0. The van der Waals surface area contributed by atoms with E-state index < -0.39 is 0 Å². The largest absolute Gasteiger partial charge is 0.351 e. The molecule has 0 spiro atoms. The Hall–Kier alpha value is -2.52. The van der Waals surface area contributed by atoms with Crippen LogP contribution in [0.3, 0.4) is 0 Å². The molecule has 1 aromatic carbocycles. The van der Waals surface area contributed by atoms with Crippen molar-refractivity contribution in [3.05, 3.63) is 51.5 Å². The van der Waals surface area contributed by atoms with Gasteiger partial charge in [0.1, 0.15) is 9.88 Å². The highest BCUT2D eigenvalue weighted by molar-refractivity contribution is 7.14. The van der Waals surface area contributed by atoms with E-state index in [4.69, 9.17) is 6.42 Å². The first-order valence-corrected chi connectivity index (χ1v) is 9.89.